The van der Waals surface area contributed by atoms with Gasteiger partial charge in [-0.15, -0.1) is 0 Å². The molecule has 0 aliphatic rings. The maximum atomic E-state index is 11.7. The van der Waals surface area contributed by atoms with E-state index in [9.17, 15) is 9.59 Å². The highest BCUT2D eigenvalue weighted by Crippen LogP contribution is 2.12. The van der Waals surface area contributed by atoms with Gasteiger partial charge in [0.1, 0.15) is 6.61 Å². The molecule has 0 saturated carbocycles. The Labute approximate surface area is 116 Å². The Bertz CT molecular complexity index is 464. The molecule has 5 nitrogen and oxygen atoms in total. The number of amides is 1. The molecule has 1 aromatic rings. The van der Waals surface area contributed by atoms with Gasteiger partial charge in [0.2, 0.25) is 5.91 Å². The lowest BCUT2D eigenvalue weighted by molar-refractivity contribution is -0.152. The molecule has 1 amide bonds. The van der Waals surface area contributed by atoms with E-state index in [1.54, 1.807) is 25.2 Å². The maximum Gasteiger partial charge on any atom is 0.332 e. The fourth-order valence-electron chi connectivity index (χ4n) is 1.38. The number of ether oxygens (including phenoxy) is 1. The van der Waals surface area contributed by atoms with Crippen molar-refractivity contribution in [3.63, 3.8) is 0 Å². The topological polar surface area (TPSA) is 66.8 Å². The Morgan fingerprint density at radius 2 is 2.16 bits per heavy atom. The highest BCUT2D eigenvalue weighted by Gasteiger charge is 2.15. The summed E-state index contributed by atoms with van der Waals surface area (Å²) in [4.78, 5) is 23.7. The molecular weight excluding hydrogens is 270 g/mol. The first-order valence-electron chi connectivity index (χ1n) is 5.73. The second-order valence-corrected chi connectivity index (χ2v) is 4.61. The summed E-state index contributed by atoms with van der Waals surface area (Å²) in [5.74, 6) is -1.38. The third-order valence-corrected chi connectivity index (χ3v) is 2.77. The maximum absolute atomic E-state index is 11.7. The van der Waals surface area contributed by atoms with Crippen molar-refractivity contribution in [1.29, 1.82) is 0 Å². The molecule has 0 spiro atoms. The van der Waals surface area contributed by atoms with Crippen LogP contribution in [0.3, 0.4) is 0 Å². The van der Waals surface area contributed by atoms with Crippen LogP contribution in [0, 0.1) is 0 Å². The summed E-state index contributed by atoms with van der Waals surface area (Å²) in [7, 11) is 1.62. The molecule has 1 aromatic carbocycles. The third kappa shape index (κ3) is 5.28. The monoisotopic (exact) mass is 285 g/mol. The summed E-state index contributed by atoms with van der Waals surface area (Å²) in [6.07, 6.45) is -0.997. The minimum absolute atomic E-state index is 0.259. The van der Waals surface area contributed by atoms with Gasteiger partial charge in [0.15, 0.2) is 6.10 Å². The van der Waals surface area contributed by atoms with Crippen LogP contribution in [0.4, 0.5) is 0 Å². The molecule has 1 atom stereocenters. The molecule has 1 N–H and O–H groups in total. The first kappa shape index (κ1) is 15.5. The average molecular weight is 286 g/mol. The first-order chi connectivity index (χ1) is 8.90. The van der Waals surface area contributed by atoms with Crippen LogP contribution < -0.4 is 0 Å². The van der Waals surface area contributed by atoms with Crippen molar-refractivity contribution in [1.82, 2.24) is 4.90 Å². The summed E-state index contributed by atoms with van der Waals surface area (Å²) in [5.41, 5.74) is 0.898. The van der Waals surface area contributed by atoms with E-state index in [1.807, 2.05) is 6.07 Å². The van der Waals surface area contributed by atoms with E-state index >= 15 is 0 Å². The SMILES string of the molecule is C[C@@H](OCC(=O)N(C)Cc1cccc(Cl)c1)C(=O)O. The Hall–Kier alpha value is -1.59. The van der Waals surface area contributed by atoms with Gasteiger partial charge in [0, 0.05) is 18.6 Å². The van der Waals surface area contributed by atoms with Gasteiger partial charge < -0.3 is 14.7 Å². The zero-order valence-electron chi connectivity index (χ0n) is 10.8. The number of rotatable bonds is 6. The Morgan fingerprint density at radius 1 is 1.47 bits per heavy atom. The molecule has 0 bridgehead atoms. The van der Waals surface area contributed by atoms with E-state index in [-0.39, 0.29) is 12.5 Å². The molecule has 0 radical (unpaired) electrons. The summed E-state index contributed by atoms with van der Waals surface area (Å²) in [5, 5.41) is 9.24. The molecule has 0 aliphatic carbocycles. The lowest BCUT2D eigenvalue weighted by Crippen LogP contribution is -2.32. The highest BCUT2D eigenvalue weighted by molar-refractivity contribution is 6.30. The number of carbonyl (C=O) groups is 2. The summed E-state index contributed by atoms with van der Waals surface area (Å²) >= 11 is 5.85. The number of carboxylic acid groups (broad SMARTS) is 1. The van der Waals surface area contributed by atoms with Gasteiger partial charge in [-0.2, -0.15) is 0 Å². The molecule has 0 heterocycles. The van der Waals surface area contributed by atoms with E-state index in [4.69, 9.17) is 21.4 Å². The van der Waals surface area contributed by atoms with Crippen LogP contribution in [0.25, 0.3) is 0 Å². The van der Waals surface area contributed by atoms with Gasteiger partial charge in [-0.05, 0) is 24.6 Å². The number of halogens is 1. The third-order valence-electron chi connectivity index (χ3n) is 2.54. The number of carbonyl (C=O) groups excluding carboxylic acids is 1. The average Bonchev–Trinajstić information content (AvgIpc) is 2.35. The van der Waals surface area contributed by atoms with Crippen molar-refractivity contribution in [2.45, 2.75) is 19.6 Å². The van der Waals surface area contributed by atoms with E-state index in [2.05, 4.69) is 0 Å². The number of aliphatic carboxylic acids is 1. The lowest BCUT2D eigenvalue weighted by atomic mass is 10.2. The van der Waals surface area contributed by atoms with Crippen LogP contribution in [0.15, 0.2) is 24.3 Å². The fourth-order valence-corrected chi connectivity index (χ4v) is 1.59. The smallest absolute Gasteiger partial charge is 0.332 e. The minimum Gasteiger partial charge on any atom is -0.479 e. The molecular formula is C13H16ClNO4. The van der Waals surface area contributed by atoms with E-state index in [0.29, 0.717) is 11.6 Å². The van der Waals surface area contributed by atoms with Crippen LogP contribution in [-0.2, 0) is 20.9 Å². The minimum atomic E-state index is -1.09. The first-order valence-corrected chi connectivity index (χ1v) is 6.10. The van der Waals surface area contributed by atoms with Gasteiger partial charge in [-0.3, -0.25) is 4.79 Å². The zero-order valence-corrected chi connectivity index (χ0v) is 11.6. The van der Waals surface area contributed by atoms with Crippen molar-refractivity contribution in [3.8, 4) is 0 Å². The summed E-state index contributed by atoms with van der Waals surface area (Å²) in [6, 6.07) is 7.19. The van der Waals surface area contributed by atoms with Crippen LogP contribution >= 0.6 is 11.6 Å². The van der Waals surface area contributed by atoms with Crippen molar-refractivity contribution in [3.05, 3.63) is 34.9 Å². The second-order valence-electron chi connectivity index (χ2n) is 4.17. The fraction of sp³-hybridized carbons (Fsp3) is 0.385. The molecule has 0 aliphatic heterocycles. The molecule has 0 saturated heterocycles. The number of nitrogens with zero attached hydrogens (tertiary/aromatic N) is 1. The van der Waals surface area contributed by atoms with E-state index < -0.39 is 12.1 Å². The highest BCUT2D eigenvalue weighted by atomic mass is 35.5. The Morgan fingerprint density at radius 3 is 2.74 bits per heavy atom. The second kappa shape index (κ2) is 7.11. The van der Waals surface area contributed by atoms with Gasteiger partial charge >= 0.3 is 5.97 Å². The van der Waals surface area contributed by atoms with Gasteiger partial charge in [-0.25, -0.2) is 4.79 Å². The van der Waals surface area contributed by atoms with Crippen LogP contribution in [0.2, 0.25) is 5.02 Å². The zero-order chi connectivity index (χ0) is 14.4. The number of hydrogen-bond donors (Lipinski definition) is 1. The summed E-state index contributed by atoms with van der Waals surface area (Å²) < 4.78 is 4.93. The van der Waals surface area contributed by atoms with E-state index in [0.717, 1.165) is 5.56 Å². The molecule has 19 heavy (non-hydrogen) atoms. The quantitative estimate of drug-likeness (QED) is 0.865. The molecule has 0 unspecified atom stereocenters. The Balaban J connectivity index is 2.47. The normalized spacial score (nSPS) is 11.9. The molecule has 1 rings (SSSR count). The molecule has 6 heteroatoms. The van der Waals surface area contributed by atoms with Crippen molar-refractivity contribution < 1.29 is 19.4 Å². The van der Waals surface area contributed by atoms with Crippen molar-refractivity contribution in [2.24, 2.45) is 0 Å². The lowest BCUT2D eigenvalue weighted by Gasteiger charge is -2.18. The van der Waals surface area contributed by atoms with Crippen LogP contribution in [0.5, 0.6) is 0 Å². The van der Waals surface area contributed by atoms with Crippen molar-refractivity contribution in [2.75, 3.05) is 13.7 Å². The predicted octanol–water partition coefficient (Wildman–Crippen LogP) is 1.79. The number of hydrogen-bond acceptors (Lipinski definition) is 3. The molecule has 0 fully saturated rings. The number of benzene rings is 1. The van der Waals surface area contributed by atoms with Gasteiger partial charge in [0.25, 0.3) is 0 Å². The summed E-state index contributed by atoms with van der Waals surface area (Å²) in [6.45, 7) is 1.52. The predicted molar refractivity (Wildman–Crippen MR) is 71.0 cm³/mol. The Kier molecular flexibility index (Phi) is 5.79. The number of likely N-dealkylation sites (N-methyl/N-ethyl adjacent to an activating group) is 1. The van der Waals surface area contributed by atoms with Gasteiger partial charge in [0.05, 0.1) is 0 Å². The van der Waals surface area contributed by atoms with Gasteiger partial charge in [-0.1, -0.05) is 23.7 Å². The van der Waals surface area contributed by atoms with E-state index in [1.165, 1.54) is 11.8 Å². The largest absolute Gasteiger partial charge is 0.479 e. The van der Waals surface area contributed by atoms with Crippen molar-refractivity contribution >= 4 is 23.5 Å². The van der Waals surface area contributed by atoms with Crippen LogP contribution in [0.1, 0.15) is 12.5 Å². The standard InChI is InChI=1S/C13H16ClNO4/c1-9(13(17)18)19-8-12(16)15(2)7-10-4-3-5-11(14)6-10/h3-6,9H,7-8H2,1-2H3,(H,17,18)/t9-/m1/s1. The molecule has 104 valence electrons. The number of carboxylic acids is 1. The van der Waals surface area contributed by atoms with Crippen LogP contribution in [-0.4, -0.2) is 41.6 Å². The molecule has 0 aromatic heterocycles.